The fraction of sp³-hybridized carbons (Fsp3) is 0.647. The van der Waals surface area contributed by atoms with Crippen LogP contribution in [0.1, 0.15) is 64.5 Å². The van der Waals surface area contributed by atoms with Gasteiger partial charge in [0.25, 0.3) is 0 Å². The normalized spacial score (nSPS) is 14.1. The van der Waals surface area contributed by atoms with Crippen LogP contribution < -0.4 is 4.74 Å². The maximum atomic E-state index is 10.4. The van der Waals surface area contributed by atoms with Gasteiger partial charge in [-0.1, -0.05) is 52.2 Å². The Morgan fingerprint density at radius 2 is 1.74 bits per heavy atom. The smallest absolute Gasteiger partial charge is 0.119 e. The molecule has 0 saturated carbocycles. The van der Waals surface area contributed by atoms with E-state index in [0.29, 0.717) is 5.92 Å². The third-order valence-electron chi connectivity index (χ3n) is 3.59. The second kappa shape index (κ2) is 8.98. The van der Waals surface area contributed by atoms with Crippen LogP contribution in [0.25, 0.3) is 0 Å². The molecule has 0 aromatic heterocycles. The van der Waals surface area contributed by atoms with E-state index < -0.39 is 0 Å². The summed E-state index contributed by atoms with van der Waals surface area (Å²) in [5.41, 5.74) is 1.01. The molecule has 1 rings (SSSR count). The van der Waals surface area contributed by atoms with Gasteiger partial charge in [0.2, 0.25) is 0 Å². The van der Waals surface area contributed by atoms with Gasteiger partial charge in [-0.25, -0.2) is 0 Å². The van der Waals surface area contributed by atoms with Gasteiger partial charge >= 0.3 is 0 Å². The molecule has 2 unspecified atom stereocenters. The van der Waals surface area contributed by atoms with Crippen LogP contribution >= 0.6 is 0 Å². The Balaban J connectivity index is 2.62. The summed E-state index contributed by atoms with van der Waals surface area (Å²) in [7, 11) is 0. The topological polar surface area (TPSA) is 29.5 Å². The first-order valence-electron chi connectivity index (χ1n) is 7.63. The Labute approximate surface area is 117 Å². The van der Waals surface area contributed by atoms with E-state index in [0.717, 1.165) is 37.2 Å². The van der Waals surface area contributed by atoms with E-state index in [9.17, 15) is 5.11 Å². The van der Waals surface area contributed by atoms with Crippen LogP contribution in [-0.4, -0.2) is 11.7 Å². The van der Waals surface area contributed by atoms with E-state index in [1.54, 1.807) is 0 Å². The molecule has 0 spiro atoms. The number of hydrogen-bond donors (Lipinski definition) is 1. The molecule has 2 heteroatoms. The Kier molecular flexibility index (Phi) is 7.57. The number of hydrogen-bond acceptors (Lipinski definition) is 2. The molecular weight excluding hydrogens is 236 g/mol. The molecule has 108 valence electrons. The van der Waals surface area contributed by atoms with Gasteiger partial charge < -0.3 is 9.84 Å². The molecule has 1 aromatic rings. The summed E-state index contributed by atoms with van der Waals surface area (Å²) in [5.74, 6) is 1.25. The predicted molar refractivity (Wildman–Crippen MR) is 80.5 cm³/mol. The fourth-order valence-electron chi connectivity index (χ4n) is 2.30. The highest BCUT2D eigenvalue weighted by Crippen LogP contribution is 2.29. The second-order valence-corrected chi connectivity index (χ2v) is 5.17. The Morgan fingerprint density at radius 1 is 1.05 bits per heavy atom. The summed E-state index contributed by atoms with van der Waals surface area (Å²) >= 11 is 0. The molecule has 0 aliphatic carbocycles. The predicted octanol–water partition coefficient (Wildman–Crippen LogP) is 4.73. The van der Waals surface area contributed by atoms with Crippen LogP contribution in [0, 0.1) is 5.92 Å². The molecule has 1 N–H and O–H groups in total. The Morgan fingerprint density at radius 3 is 2.26 bits per heavy atom. The first kappa shape index (κ1) is 16.0. The summed E-state index contributed by atoms with van der Waals surface area (Å²) in [6.45, 7) is 7.19. The van der Waals surface area contributed by atoms with Crippen LogP contribution in [0.4, 0.5) is 0 Å². The van der Waals surface area contributed by atoms with Gasteiger partial charge in [0.1, 0.15) is 5.75 Å². The number of ether oxygens (including phenoxy) is 1. The summed E-state index contributed by atoms with van der Waals surface area (Å²) in [6, 6.07) is 7.90. The van der Waals surface area contributed by atoms with Crippen molar-refractivity contribution in [1.82, 2.24) is 0 Å². The third kappa shape index (κ3) is 5.23. The van der Waals surface area contributed by atoms with Crippen LogP contribution in [0.3, 0.4) is 0 Å². The summed E-state index contributed by atoms with van der Waals surface area (Å²) in [5, 5.41) is 10.4. The first-order chi connectivity index (χ1) is 9.22. The molecular formula is C17H28O2. The minimum absolute atomic E-state index is 0.350. The molecule has 1 aromatic carbocycles. The summed E-state index contributed by atoms with van der Waals surface area (Å²) < 4.78 is 5.56. The van der Waals surface area contributed by atoms with Crippen molar-refractivity contribution >= 4 is 0 Å². The number of aliphatic hydroxyl groups is 1. The van der Waals surface area contributed by atoms with E-state index in [4.69, 9.17) is 4.74 Å². The molecule has 0 fully saturated rings. The van der Waals surface area contributed by atoms with Gasteiger partial charge in [-0.15, -0.1) is 0 Å². The summed E-state index contributed by atoms with van der Waals surface area (Å²) in [6.07, 6.45) is 5.16. The van der Waals surface area contributed by atoms with Crippen molar-refractivity contribution in [1.29, 1.82) is 0 Å². The van der Waals surface area contributed by atoms with Gasteiger partial charge in [0, 0.05) is 0 Å². The van der Waals surface area contributed by atoms with E-state index in [-0.39, 0.29) is 6.10 Å². The van der Waals surface area contributed by atoms with E-state index >= 15 is 0 Å². The number of unbranched alkanes of at least 4 members (excludes halogenated alkanes) is 1. The van der Waals surface area contributed by atoms with Crippen molar-refractivity contribution in [3.63, 3.8) is 0 Å². The highest BCUT2D eigenvalue weighted by Gasteiger charge is 2.18. The standard InChI is InChI=1S/C17H28O2/c1-4-7-8-14(6-3)17(18)15-9-11-16(12-10-15)19-13-5-2/h9-12,14,17-18H,4-8,13H2,1-3H3. The van der Waals surface area contributed by atoms with Crippen LogP contribution in [0.2, 0.25) is 0 Å². The molecule has 0 aliphatic heterocycles. The Bertz CT molecular complexity index is 332. The monoisotopic (exact) mass is 264 g/mol. The van der Waals surface area contributed by atoms with Gasteiger partial charge in [-0.05, 0) is 36.5 Å². The SMILES string of the molecule is CCCCC(CC)C(O)c1ccc(OCCC)cc1. The fourth-order valence-corrected chi connectivity index (χ4v) is 2.30. The average molecular weight is 264 g/mol. The van der Waals surface area contributed by atoms with E-state index in [1.807, 2.05) is 24.3 Å². The lowest BCUT2D eigenvalue weighted by atomic mass is 9.89. The first-order valence-corrected chi connectivity index (χ1v) is 7.63. The van der Waals surface area contributed by atoms with Crippen molar-refractivity contribution < 1.29 is 9.84 Å². The van der Waals surface area contributed by atoms with Crippen molar-refractivity contribution in [3.05, 3.63) is 29.8 Å². The minimum Gasteiger partial charge on any atom is -0.494 e. The molecule has 0 aliphatic rings. The van der Waals surface area contributed by atoms with Gasteiger partial charge in [-0.3, -0.25) is 0 Å². The molecule has 0 saturated heterocycles. The van der Waals surface area contributed by atoms with Crippen molar-refractivity contribution in [2.45, 2.75) is 59.0 Å². The van der Waals surface area contributed by atoms with Gasteiger partial charge in [0.15, 0.2) is 0 Å². The lowest BCUT2D eigenvalue weighted by molar-refractivity contribution is 0.0988. The van der Waals surface area contributed by atoms with Crippen molar-refractivity contribution in [2.24, 2.45) is 5.92 Å². The van der Waals surface area contributed by atoms with Gasteiger partial charge in [0.05, 0.1) is 12.7 Å². The van der Waals surface area contributed by atoms with Crippen molar-refractivity contribution in [3.8, 4) is 5.75 Å². The third-order valence-corrected chi connectivity index (χ3v) is 3.59. The quantitative estimate of drug-likeness (QED) is 0.699. The number of rotatable bonds is 9. The molecule has 0 amide bonds. The minimum atomic E-state index is -0.350. The zero-order chi connectivity index (χ0) is 14.1. The zero-order valence-electron chi connectivity index (χ0n) is 12.6. The molecule has 19 heavy (non-hydrogen) atoms. The van der Waals surface area contributed by atoms with Crippen molar-refractivity contribution in [2.75, 3.05) is 6.61 Å². The zero-order valence-corrected chi connectivity index (χ0v) is 12.6. The molecule has 0 radical (unpaired) electrons. The van der Waals surface area contributed by atoms with Gasteiger partial charge in [-0.2, -0.15) is 0 Å². The second-order valence-electron chi connectivity index (χ2n) is 5.17. The van der Waals surface area contributed by atoms with Crippen LogP contribution in [0.5, 0.6) is 5.75 Å². The number of aliphatic hydroxyl groups excluding tert-OH is 1. The maximum Gasteiger partial charge on any atom is 0.119 e. The molecule has 0 heterocycles. The number of benzene rings is 1. The largest absolute Gasteiger partial charge is 0.494 e. The maximum absolute atomic E-state index is 10.4. The van der Waals surface area contributed by atoms with E-state index in [1.165, 1.54) is 12.8 Å². The molecule has 2 nitrogen and oxygen atoms in total. The lowest BCUT2D eigenvalue weighted by Gasteiger charge is -2.22. The van der Waals surface area contributed by atoms with Crippen LogP contribution in [0.15, 0.2) is 24.3 Å². The Hall–Kier alpha value is -1.02. The summed E-state index contributed by atoms with van der Waals surface area (Å²) in [4.78, 5) is 0. The van der Waals surface area contributed by atoms with E-state index in [2.05, 4.69) is 20.8 Å². The molecule has 2 atom stereocenters. The highest BCUT2D eigenvalue weighted by atomic mass is 16.5. The lowest BCUT2D eigenvalue weighted by Crippen LogP contribution is -2.12. The average Bonchev–Trinajstić information content (AvgIpc) is 2.46. The molecule has 0 bridgehead atoms. The van der Waals surface area contributed by atoms with Crippen LogP contribution in [-0.2, 0) is 0 Å². The highest BCUT2D eigenvalue weighted by molar-refractivity contribution is 5.28.